The molecule has 122 valence electrons. The summed E-state index contributed by atoms with van der Waals surface area (Å²) in [6, 6.07) is 8.36. The van der Waals surface area contributed by atoms with Gasteiger partial charge in [-0.05, 0) is 50.8 Å². The third-order valence-electron chi connectivity index (χ3n) is 4.12. The maximum Gasteiger partial charge on any atom is 0.225 e. The van der Waals surface area contributed by atoms with Crippen LogP contribution in [0.15, 0.2) is 24.3 Å². The summed E-state index contributed by atoms with van der Waals surface area (Å²) in [5.41, 5.74) is 3.12. The first-order valence-corrected chi connectivity index (χ1v) is 8.61. The molecule has 2 aromatic rings. The molecule has 0 amide bonds. The van der Waals surface area contributed by atoms with Gasteiger partial charge in [0.2, 0.25) is 5.95 Å². The number of halogens is 1. The Morgan fingerprint density at radius 3 is 2.70 bits per heavy atom. The summed E-state index contributed by atoms with van der Waals surface area (Å²) < 4.78 is 0. The predicted octanol–water partition coefficient (Wildman–Crippen LogP) is 5.27. The quantitative estimate of drug-likeness (QED) is 0.757. The highest BCUT2D eigenvalue weighted by atomic mass is 35.5. The zero-order valence-corrected chi connectivity index (χ0v) is 14.6. The first-order chi connectivity index (χ1) is 11.0. The second-order valence-corrected chi connectivity index (χ2v) is 6.75. The third kappa shape index (κ3) is 4.14. The van der Waals surface area contributed by atoms with Gasteiger partial charge in [-0.1, -0.05) is 24.6 Å². The molecule has 0 spiro atoms. The van der Waals surface area contributed by atoms with Crippen molar-refractivity contribution < 1.29 is 0 Å². The molecule has 2 N–H and O–H groups in total. The van der Waals surface area contributed by atoms with Gasteiger partial charge in [0.25, 0.3) is 0 Å². The Hall–Kier alpha value is -1.81. The molecule has 1 atom stereocenters. The van der Waals surface area contributed by atoms with Gasteiger partial charge in [0.05, 0.1) is 16.4 Å². The van der Waals surface area contributed by atoms with Crippen LogP contribution in [-0.4, -0.2) is 16.0 Å². The van der Waals surface area contributed by atoms with Crippen molar-refractivity contribution in [3.8, 4) is 0 Å². The van der Waals surface area contributed by atoms with E-state index in [4.69, 9.17) is 11.6 Å². The fourth-order valence-corrected chi connectivity index (χ4v) is 2.65. The van der Waals surface area contributed by atoms with Crippen LogP contribution in [0.4, 0.5) is 17.5 Å². The van der Waals surface area contributed by atoms with Gasteiger partial charge in [0, 0.05) is 18.0 Å². The van der Waals surface area contributed by atoms with Gasteiger partial charge < -0.3 is 10.6 Å². The molecule has 0 saturated heterocycles. The van der Waals surface area contributed by atoms with E-state index in [0.717, 1.165) is 29.2 Å². The Morgan fingerprint density at radius 2 is 2.04 bits per heavy atom. The Morgan fingerprint density at radius 1 is 1.26 bits per heavy atom. The number of nitrogens with zero attached hydrogens (tertiary/aromatic N) is 2. The fraction of sp³-hybridized carbons (Fsp3) is 0.444. The number of rotatable bonds is 6. The smallest absolute Gasteiger partial charge is 0.225 e. The van der Waals surface area contributed by atoms with Crippen LogP contribution in [0, 0.1) is 6.92 Å². The van der Waals surface area contributed by atoms with Crippen molar-refractivity contribution >= 4 is 29.1 Å². The minimum Gasteiger partial charge on any atom is -0.352 e. The van der Waals surface area contributed by atoms with Crippen LogP contribution in [0.25, 0.3) is 0 Å². The van der Waals surface area contributed by atoms with Gasteiger partial charge in [0.15, 0.2) is 0 Å². The molecular weight excluding hydrogens is 308 g/mol. The normalized spacial score (nSPS) is 15.3. The van der Waals surface area contributed by atoms with E-state index in [1.165, 1.54) is 12.8 Å². The van der Waals surface area contributed by atoms with Crippen LogP contribution in [0.2, 0.25) is 5.02 Å². The van der Waals surface area contributed by atoms with Crippen molar-refractivity contribution in [1.82, 2.24) is 9.97 Å². The van der Waals surface area contributed by atoms with Crippen LogP contribution in [0.3, 0.4) is 0 Å². The van der Waals surface area contributed by atoms with E-state index >= 15 is 0 Å². The number of hydrogen-bond acceptors (Lipinski definition) is 4. The van der Waals surface area contributed by atoms with Crippen molar-refractivity contribution in [3.63, 3.8) is 0 Å². The highest BCUT2D eigenvalue weighted by Gasteiger charge is 2.26. The summed E-state index contributed by atoms with van der Waals surface area (Å²) in [4.78, 5) is 9.26. The lowest BCUT2D eigenvalue weighted by atomic mass is 10.2. The molecular formula is C18H23ClN4. The largest absolute Gasteiger partial charge is 0.352 e. The number of hydrogen-bond donors (Lipinski definition) is 2. The summed E-state index contributed by atoms with van der Waals surface area (Å²) in [5.74, 6) is 2.05. The van der Waals surface area contributed by atoms with Crippen LogP contribution in [0.1, 0.15) is 50.3 Å². The van der Waals surface area contributed by atoms with E-state index in [0.29, 0.717) is 22.9 Å². The molecule has 1 aliphatic carbocycles. The highest BCUT2D eigenvalue weighted by Crippen LogP contribution is 2.40. The second kappa shape index (κ2) is 6.75. The summed E-state index contributed by atoms with van der Waals surface area (Å²) in [7, 11) is 0. The van der Waals surface area contributed by atoms with E-state index in [1.807, 2.05) is 31.2 Å². The number of aromatic nitrogens is 2. The van der Waals surface area contributed by atoms with Crippen LogP contribution < -0.4 is 10.6 Å². The van der Waals surface area contributed by atoms with Crippen LogP contribution in [-0.2, 0) is 0 Å². The van der Waals surface area contributed by atoms with E-state index in [2.05, 4.69) is 34.4 Å². The molecule has 0 radical (unpaired) electrons. The van der Waals surface area contributed by atoms with Crippen molar-refractivity contribution in [2.75, 3.05) is 10.6 Å². The Labute approximate surface area is 142 Å². The van der Waals surface area contributed by atoms with Gasteiger partial charge in [-0.2, -0.15) is 4.98 Å². The SMILES string of the molecule is CC[C@H](C)Nc1nc(Nc2ccc(C)cc2Cl)cc(C2CC2)n1. The summed E-state index contributed by atoms with van der Waals surface area (Å²) in [6.07, 6.45) is 3.46. The van der Waals surface area contributed by atoms with Crippen molar-refractivity contribution in [2.45, 2.75) is 52.0 Å². The maximum atomic E-state index is 6.32. The van der Waals surface area contributed by atoms with Gasteiger partial charge in [-0.15, -0.1) is 0 Å². The average Bonchev–Trinajstić information content (AvgIpc) is 3.34. The summed E-state index contributed by atoms with van der Waals surface area (Å²) in [6.45, 7) is 6.31. The maximum absolute atomic E-state index is 6.32. The molecule has 4 nitrogen and oxygen atoms in total. The van der Waals surface area contributed by atoms with Crippen molar-refractivity contribution in [3.05, 3.63) is 40.5 Å². The van der Waals surface area contributed by atoms with E-state index in [-0.39, 0.29) is 0 Å². The molecule has 1 aromatic carbocycles. The lowest BCUT2D eigenvalue weighted by Gasteiger charge is -2.15. The summed E-state index contributed by atoms with van der Waals surface area (Å²) in [5, 5.41) is 7.40. The van der Waals surface area contributed by atoms with E-state index in [9.17, 15) is 0 Å². The van der Waals surface area contributed by atoms with Crippen molar-refractivity contribution in [2.24, 2.45) is 0 Å². The minimum atomic E-state index is 0.347. The molecule has 1 fully saturated rings. The number of nitrogens with one attached hydrogen (secondary N) is 2. The topological polar surface area (TPSA) is 49.8 Å². The third-order valence-corrected chi connectivity index (χ3v) is 4.43. The first-order valence-electron chi connectivity index (χ1n) is 8.24. The number of benzene rings is 1. The Bertz CT molecular complexity index is 697. The molecule has 23 heavy (non-hydrogen) atoms. The lowest BCUT2D eigenvalue weighted by Crippen LogP contribution is -2.16. The molecule has 1 aromatic heterocycles. The van der Waals surface area contributed by atoms with Gasteiger partial charge >= 0.3 is 0 Å². The average molecular weight is 331 g/mol. The minimum absolute atomic E-state index is 0.347. The monoisotopic (exact) mass is 330 g/mol. The Kier molecular flexibility index (Phi) is 4.71. The molecule has 5 heteroatoms. The second-order valence-electron chi connectivity index (χ2n) is 6.34. The molecule has 0 aliphatic heterocycles. The molecule has 1 saturated carbocycles. The summed E-state index contributed by atoms with van der Waals surface area (Å²) >= 11 is 6.32. The zero-order chi connectivity index (χ0) is 16.4. The first kappa shape index (κ1) is 16.1. The van der Waals surface area contributed by atoms with Gasteiger partial charge in [0.1, 0.15) is 5.82 Å². The predicted molar refractivity (Wildman–Crippen MR) is 96.9 cm³/mol. The van der Waals surface area contributed by atoms with Crippen molar-refractivity contribution in [1.29, 1.82) is 0 Å². The van der Waals surface area contributed by atoms with Gasteiger partial charge in [-0.3, -0.25) is 0 Å². The number of anilines is 3. The van der Waals surface area contributed by atoms with Crippen LogP contribution in [0.5, 0.6) is 0 Å². The molecule has 0 bridgehead atoms. The van der Waals surface area contributed by atoms with E-state index < -0.39 is 0 Å². The zero-order valence-electron chi connectivity index (χ0n) is 13.9. The molecule has 1 aliphatic rings. The standard InChI is InChI=1S/C18H23ClN4/c1-4-12(3)20-18-22-16(13-6-7-13)10-17(23-18)21-15-8-5-11(2)9-14(15)19/h5,8-10,12-13H,4,6-7H2,1-3H3,(H2,20,21,22,23)/t12-/m0/s1. The molecule has 3 rings (SSSR count). The molecule has 1 heterocycles. The van der Waals surface area contributed by atoms with E-state index in [1.54, 1.807) is 0 Å². The van der Waals surface area contributed by atoms with Gasteiger partial charge in [-0.25, -0.2) is 4.98 Å². The fourth-order valence-electron chi connectivity index (χ4n) is 2.36. The number of aryl methyl sites for hydroxylation is 1. The van der Waals surface area contributed by atoms with Crippen LogP contribution >= 0.6 is 11.6 Å². The lowest BCUT2D eigenvalue weighted by molar-refractivity contribution is 0.750. The Balaban J connectivity index is 1.87. The molecule has 0 unspecified atom stereocenters. The highest BCUT2D eigenvalue weighted by molar-refractivity contribution is 6.33.